The van der Waals surface area contributed by atoms with Gasteiger partial charge < -0.3 is 4.74 Å². The fourth-order valence-corrected chi connectivity index (χ4v) is 2.75. The van der Waals surface area contributed by atoms with E-state index in [1.54, 1.807) is 24.3 Å². The number of benzene rings is 2. The molecule has 0 atom stereocenters. The van der Waals surface area contributed by atoms with Gasteiger partial charge in [-0.15, -0.1) is 0 Å². The third-order valence-corrected chi connectivity index (χ3v) is 4.60. The standard InChI is InChI=1S/C16H14BrNO3S/c1-21-15-8-10-16(11-9-15)22(19,20)18-12-2-3-13-4-6-14(17)7-5-13/h2-12H,1H3/b3-2+,18-12?. The van der Waals surface area contributed by atoms with E-state index >= 15 is 0 Å². The first-order valence-corrected chi connectivity index (χ1v) is 8.61. The number of hydrogen-bond acceptors (Lipinski definition) is 3. The van der Waals surface area contributed by atoms with Gasteiger partial charge >= 0.3 is 0 Å². The van der Waals surface area contributed by atoms with Crippen LogP contribution in [0.25, 0.3) is 6.08 Å². The number of ether oxygens (including phenoxy) is 1. The lowest BCUT2D eigenvalue weighted by Gasteiger charge is -2.00. The van der Waals surface area contributed by atoms with E-state index in [-0.39, 0.29) is 4.90 Å². The Hall–Kier alpha value is -1.92. The summed E-state index contributed by atoms with van der Waals surface area (Å²) in [7, 11) is -2.17. The highest BCUT2D eigenvalue weighted by Gasteiger charge is 2.10. The molecule has 4 nitrogen and oxygen atoms in total. The van der Waals surface area contributed by atoms with Gasteiger partial charge in [-0.2, -0.15) is 12.8 Å². The SMILES string of the molecule is COc1ccc(S(=O)(=O)N=C/C=C/c2ccc(Br)cc2)cc1. The van der Waals surface area contributed by atoms with Crippen LogP contribution >= 0.6 is 15.9 Å². The normalized spacial score (nSPS) is 12.1. The summed E-state index contributed by atoms with van der Waals surface area (Å²) < 4.78 is 33.6. The largest absolute Gasteiger partial charge is 0.497 e. The van der Waals surface area contributed by atoms with Crippen LogP contribution in [0.5, 0.6) is 5.75 Å². The van der Waals surface area contributed by atoms with E-state index in [0.717, 1.165) is 10.0 Å². The Morgan fingerprint density at radius 2 is 1.68 bits per heavy atom. The molecule has 0 saturated heterocycles. The van der Waals surface area contributed by atoms with Crippen molar-refractivity contribution in [2.24, 2.45) is 4.40 Å². The summed E-state index contributed by atoms with van der Waals surface area (Å²) in [6, 6.07) is 13.7. The van der Waals surface area contributed by atoms with Crippen molar-refractivity contribution in [2.45, 2.75) is 4.90 Å². The highest BCUT2D eigenvalue weighted by atomic mass is 79.9. The van der Waals surface area contributed by atoms with E-state index in [2.05, 4.69) is 20.3 Å². The van der Waals surface area contributed by atoms with Crippen molar-refractivity contribution in [3.8, 4) is 5.75 Å². The average molecular weight is 380 g/mol. The first kappa shape index (κ1) is 16.5. The van der Waals surface area contributed by atoms with Gasteiger partial charge in [-0.3, -0.25) is 0 Å². The molecule has 0 unspecified atom stereocenters. The highest BCUT2D eigenvalue weighted by Crippen LogP contribution is 2.17. The summed E-state index contributed by atoms with van der Waals surface area (Å²) in [6.45, 7) is 0. The maximum atomic E-state index is 12.0. The molecule has 2 aromatic carbocycles. The summed E-state index contributed by atoms with van der Waals surface area (Å²) in [5, 5.41) is 0. The fourth-order valence-electron chi connectivity index (χ4n) is 1.65. The van der Waals surface area contributed by atoms with Gasteiger partial charge in [0, 0.05) is 10.7 Å². The third-order valence-electron chi connectivity index (χ3n) is 2.80. The van der Waals surface area contributed by atoms with Crippen LogP contribution in [0, 0.1) is 0 Å². The number of rotatable bonds is 5. The summed E-state index contributed by atoms with van der Waals surface area (Å²) in [4.78, 5) is 0.126. The summed E-state index contributed by atoms with van der Waals surface area (Å²) in [5.74, 6) is 0.595. The molecule has 0 bridgehead atoms. The number of halogens is 1. The van der Waals surface area contributed by atoms with Crippen LogP contribution in [0.1, 0.15) is 5.56 Å². The first-order valence-electron chi connectivity index (χ1n) is 6.38. The Balaban J connectivity index is 2.08. The average Bonchev–Trinajstić information content (AvgIpc) is 2.53. The number of methoxy groups -OCH3 is 1. The maximum absolute atomic E-state index is 12.0. The minimum absolute atomic E-state index is 0.126. The van der Waals surface area contributed by atoms with Gasteiger partial charge in [0.05, 0.1) is 12.0 Å². The summed E-state index contributed by atoms with van der Waals surface area (Å²) in [6.07, 6.45) is 4.63. The maximum Gasteiger partial charge on any atom is 0.282 e. The van der Waals surface area contributed by atoms with Gasteiger partial charge in [-0.1, -0.05) is 34.1 Å². The van der Waals surface area contributed by atoms with Gasteiger partial charge in [-0.05, 0) is 48.0 Å². The number of hydrogen-bond donors (Lipinski definition) is 0. The Labute approximate surface area is 138 Å². The van der Waals surface area contributed by atoms with Crippen molar-refractivity contribution in [3.63, 3.8) is 0 Å². The molecule has 0 aliphatic rings. The molecule has 0 radical (unpaired) electrons. The molecule has 0 spiro atoms. The van der Waals surface area contributed by atoms with Crippen molar-refractivity contribution in [1.82, 2.24) is 0 Å². The van der Waals surface area contributed by atoms with E-state index in [4.69, 9.17) is 4.74 Å². The van der Waals surface area contributed by atoms with E-state index in [1.165, 1.54) is 25.5 Å². The predicted molar refractivity (Wildman–Crippen MR) is 91.8 cm³/mol. The molecule has 0 aromatic heterocycles. The Morgan fingerprint density at radius 3 is 2.27 bits per heavy atom. The molecule has 6 heteroatoms. The molecule has 22 heavy (non-hydrogen) atoms. The predicted octanol–water partition coefficient (Wildman–Crippen LogP) is 3.93. The Kier molecular flexibility index (Phi) is 5.51. The molecule has 0 fully saturated rings. The quantitative estimate of drug-likeness (QED) is 0.739. The summed E-state index contributed by atoms with van der Waals surface area (Å²) in [5.41, 5.74) is 0.955. The lowest BCUT2D eigenvalue weighted by molar-refractivity contribution is 0.414. The highest BCUT2D eigenvalue weighted by molar-refractivity contribution is 9.10. The van der Waals surface area contributed by atoms with Crippen molar-refractivity contribution in [1.29, 1.82) is 0 Å². The molecule has 2 aromatic rings. The number of nitrogens with zero attached hydrogens (tertiary/aromatic N) is 1. The van der Waals surface area contributed by atoms with E-state index in [9.17, 15) is 8.42 Å². The van der Waals surface area contributed by atoms with Gasteiger partial charge in [0.15, 0.2) is 0 Å². The molecule has 0 aliphatic carbocycles. The molecule has 0 aliphatic heterocycles. The number of allylic oxidation sites excluding steroid dienone is 1. The van der Waals surface area contributed by atoms with Crippen LogP contribution in [0.2, 0.25) is 0 Å². The van der Waals surface area contributed by atoms with Crippen LogP contribution in [-0.4, -0.2) is 21.7 Å². The molecule has 0 N–H and O–H groups in total. The molecular formula is C16H14BrNO3S. The fraction of sp³-hybridized carbons (Fsp3) is 0.0625. The van der Waals surface area contributed by atoms with Gasteiger partial charge in [0.25, 0.3) is 10.0 Å². The monoisotopic (exact) mass is 379 g/mol. The Morgan fingerprint density at radius 1 is 1.05 bits per heavy atom. The van der Waals surface area contributed by atoms with Crippen molar-refractivity contribution < 1.29 is 13.2 Å². The second-order valence-corrected chi connectivity index (χ2v) is 6.86. The topological polar surface area (TPSA) is 55.7 Å². The minimum atomic E-state index is -3.69. The number of sulfonamides is 1. The molecule has 0 heterocycles. The van der Waals surface area contributed by atoms with E-state index in [0.29, 0.717) is 5.75 Å². The lowest BCUT2D eigenvalue weighted by atomic mass is 10.2. The van der Waals surface area contributed by atoms with Gasteiger partial charge in [0.2, 0.25) is 0 Å². The van der Waals surface area contributed by atoms with Crippen molar-refractivity contribution >= 4 is 38.2 Å². The van der Waals surface area contributed by atoms with E-state index < -0.39 is 10.0 Å². The van der Waals surface area contributed by atoms with Gasteiger partial charge in [0.1, 0.15) is 5.75 Å². The second-order valence-electron chi connectivity index (χ2n) is 4.32. The molecular weight excluding hydrogens is 366 g/mol. The van der Waals surface area contributed by atoms with Crippen LogP contribution in [-0.2, 0) is 10.0 Å². The van der Waals surface area contributed by atoms with Crippen molar-refractivity contribution in [3.05, 3.63) is 64.6 Å². The van der Waals surface area contributed by atoms with Crippen LogP contribution in [0.3, 0.4) is 0 Å². The van der Waals surface area contributed by atoms with Crippen LogP contribution < -0.4 is 4.74 Å². The van der Waals surface area contributed by atoms with Crippen LogP contribution in [0.4, 0.5) is 0 Å². The van der Waals surface area contributed by atoms with Gasteiger partial charge in [-0.25, -0.2) is 0 Å². The third kappa shape index (κ3) is 4.54. The van der Waals surface area contributed by atoms with E-state index in [1.807, 2.05) is 24.3 Å². The smallest absolute Gasteiger partial charge is 0.282 e. The zero-order valence-corrected chi connectivity index (χ0v) is 14.2. The van der Waals surface area contributed by atoms with Crippen LogP contribution in [0.15, 0.2) is 68.4 Å². The second kappa shape index (κ2) is 7.38. The molecule has 114 valence electrons. The first-order chi connectivity index (χ1) is 10.5. The molecule has 0 saturated carbocycles. The molecule has 2 rings (SSSR count). The summed E-state index contributed by atoms with van der Waals surface area (Å²) >= 11 is 3.35. The zero-order chi connectivity index (χ0) is 16.0. The zero-order valence-electron chi connectivity index (χ0n) is 11.8. The molecule has 0 amide bonds. The minimum Gasteiger partial charge on any atom is -0.497 e. The lowest BCUT2D eigenvalue weighted by Crippen LogP contribution is -1.96. The van der Waals surface area contributed by atoms with Crippen molar-refractivity contribution in [2.75, 3.05) is 7.11 Å². The Bertz CT molecular complexity index is 779.